The Balaban J connectivity index is 1.97. The third-order valence-electron chi connectivity index (χ3n) is 4.01. The summed E-state index contributed by atoms with van der Waals surface area (Å²) in [5.74, 6) is -1.76. The number of rotatable bonds is 4. The summed E-state index contributed by atoms with van der Waals surface area (Å²) in [6.07, 6.45) is -0.552. The van der Waals surface area contributed by atoms with Gasteiger partial charge in [-0.15, -0.1) is 0 Å². The lowest BCUT2D eigenvalue weighted by molar-refractivity contribution is -0.138. The van der Waals surface area contributed by atoms with Crippen molar-refractivity contribution in [2.24, 2.45) is 4.99 Å². The molecule has 0 bridgehead atoms. The van der Waals surface area contributed by atoms with Crippen LogP contribution >= 0.6 is 35.0 Å². The van der Waals surface area contributed by atoms with Crippen molar-refractivity contribution in [1.82, 2.24) is 0 Å². The molecule has 1 N–H and O–H groups in total. The lowest BCUT2D eigenvalue weighted by atomic mass is 10.2. The maximum Gasteiger partial charge on any atom is 0.303 e. The summed E-state index contributed by atoms with van der Waals surface area (Å²) >= 11 is 13.5. The summed E-state index contributed by atoms with van der Waals surface area (Å²) < 4.78 is 24.0. The number of fused-ring (bicyclic) bond motifs is 1. The molecule has 0 aromatic heterocycles. The van der Waals surface area contributed by atoms with E-state index in [1.165, 1.54) is 11.8 Å². The molecule has 11 heteroatoms. The normalized spacial score (nSPS) is 25.5. The number of hydrogen-bond acceptors (Lipinski definition) is 5. The SMILES string of the molecule is O=C(O)CCC(=O)N=C1SC2CS(=O)(=O)CC2N1c1cc(Cl)ccc1Cl. The molecule has 2 atom stereocenters. The third kappa shape index (κ3) is 4.16. The Kier molecular flexibility index (Phi) is 5.53. The predicted molar refractivity (Wildman–Crippen MR) is 102 cm³/mol. The number of aliphatic imine (C=N–C) groups is 1. The van der Waals surface area contributed by atoms with Crippen molar-refractivity contribution in [2.75, 3.05) is 16.4 Å². The van der Waals surface area contributed by atoms with Crippen molar-refractivity contribution in [2.45, 2.75) is 24.1 Å². The summed E-state index contributed by atoms with van der Waals surface area (Å²) in [4.78, 5) is 28.3. The van der Waals surface area contributed by atoms with Crippen molar-refractivity contribution in [3.8, 4) is 0 Å². The highest BCUT2D eigenvalue weighted by molar-refractivity contribution is 8.16. The molecule has 0 radical (unpaired) electrons. The molecule has 2 heterocycles. The van der Waals surface area contributed by atoms with Gasteiger partial charge in [0.25, 0.3) is 0 Å². The highest BCUT2D eigenvalue weighted by Crippen LogP contribution is 2.43. The van der Waals surface area contributed by atoms with Gasteiger partial charge in [-0.05, 0) is 18.2 Å². The van der Waals surface area contributed by atoms with Crippen LogP contribution in [0, 0.1) is 0 Å². The predicted octanol–water partition coefficient (Wildman–Crippen LogP) is 2.46. The fraction of sp³-hybridized carbons (Fsp3) is 0.400. The number of hydrogen-bond donors (Lipinski definition) is 1. The molecule has 26 heavy (non-hydrogen) atoms. The Morgan fingerprint density at radius 2 is 2.00 bits per heavy atom. The minimum Gasteiger partial charge on any atom is -0.481 e. The number of amides is 1. The van der Waals surface area contributed by atoms with Crippen molar-refractivity contribution < 1.29 is 23.1 Å². The average Bonchev–Trinajstić information content (AvgIpc) is 2.99. The molecule has 2 aliphatic heterocycles. The molecule has 1 aromatic rings. The van der Waals surface area contributed by atoms with E-state index < -0.39 is 27.8 Å². The molecule has 2 fully saturated rings. The van der Waals surface area contributed by atoms with Crippen molar-refractivity contribution in [1.29, 1.82) is 0 Å². The summed E-state index contributed by atoms with van der Waals surface area (Å²) in [5, 5.41) is 9.50. The second-order valence-corrected chi connectivity index (χ2v) is 10.2. The summed E-state index contributed by atoms with van der Waals surface area (Å²) in [7, 11) is -3.20. The van der Waals surface area contributed by atoms with Crippen LogP contribution in [0.5, 0.6) is 0 Å². The Bertz CT molecular complexity index is 903. The lowest BCUT2D eigenvalue weighted by Gasteiger charge is -2.25. The molecule has 1 aromatic carbocycles. The molecule has 0 spiro atoms. The van der Waals surface area contributed by atoms with E-state index in [-0.39, 0.29) is 29.6 Å². The Morgan fingerprint density at radius 3 is 2.69 bits per heavy atom. The number of amidine groups is 1. The maximum absolute atomic E-state index is 12.0. The van der Waals surface area contributed by atoms with Crippen LogP contribution in [-0.2, 0) is 19.4 Å². The van der Waals surface area contributed by atoms with Gasteiger partial charge in [-0.3, -0.25) is 9.59 Å². The maximum atomic E-state index is 12.0. The van der Waals surface area contributed by atoms with Gasteiger partial charge in [-0.1, -0.05) is 35.0 Å². The minimum absolute atomic E-state index is 0.0145. The molecule has 2 aliphatic rings. The molecule has 2 unspecified atom stereocenters. The first-order valence-corrected chi connectivity index (χ1v) is 11.1. The number of nitrogens with zero attached hydrogens (tertiary/aromatic N) is 2. The van der Waals surface area contributed by atoms with E-state index in [2.05, 4.69) is 4.99 Å². The number of sulfone groups is 1. The number of benzene rings is 1. The highest BCUT2D eigenvalue weighted by atomic mass is 35.5. The van der Waals surface area contributed by atoms with E-state index in [1.54, 1.807) is 23.1 Å². The van der Waals surface area contributed by atoms with Crippen LogP contribution in [0.25, 0.3) is 0 Å². The molecule has 7 nitrogen and oxygen atoms in total. The highest BCUT2D eigenvalue weighted by Gasteiger charge is 2.49. The van der Waals surface area contributed by atoms with Crippen molar-refractivity contribution in [3.05, 3.63) is 28.2 Å². The number of carboxylic acids is 1. The van der Waals surface area contributed by atoms with Gasteiger partial charge in [0.15, 0.2) is 15.0 Å². The van der Waals surface area contributed by atoms with Gasteiger partial charge >= 0.3 is 5.97 Å². The fourth-order valence-electron chi connectivity index (χ4n) is 2.89. The number of thioether (sulfide) groups is 1. The van der Waals surface area contributed by atoms with E-state index in [9.17, 15) is 18.0 Å². The van der Waals surface area contributed by atoms with Gasteiger partial charge in [0.1, 0.15) is 0 Å². The first kappa shape index (κ1) is 19.5. The average molecular weight is 437 g/mol. The summed E-state index contributed by atoms with van der Waals surface area (Å²) in [6.45, 7) is 0. The fourth-order valence-corrected chi connectivity index (χ4v) is 7.19. The Morgan fingerprint density at radius 1 is 1.27 bits per heavy atom. The first-order chi connectivity index (χ1) is 12.2. The number of halogens is 2. The van der Waals surface area contributed by atoms with Crippen molar-refractivity contribution in [3.63, 3.8) is 0 Å². The van der Waals surface area contributed by atoms with Crippen LogP contribution in [0.4, 0.5) is 5.69 Å². The molecule has 140 valence electrons. The second-order valence-electron chi connectivity index (χ2n) is 5.95. The monoisotopic (exact) mass is 436 g/mol. The van der Waals surface area contributed by atoms with Gasteiger partial charge in [0.2, 0.25) is 5.91 Å². The van der Waals surface area contributed by atoms with Crippen LogP contribution < -0.4 is 4.90 Å². The van der Waals surface area contributed by atoms with Crippen LogP contribution in [-0.4, -0.2) is 53.4 Å². The van der Waals surface area contributed by atoms with E-state index in [0.717, 1.165) is 0 Å². The Hall–Kier alpha value is -1.29. The number of carbonyl (C=O) groups is 2. The van der Waals surface area contributed by atoms with Gasteiger partial charge < -0.3 is 10.0 Å². The second kappa shape index (κ2) is 7.38. The largest absolute Gasteiger partial charge is 0.481 e. The van der Waals surface area contributed by atoms with E-state index >= 15 is 0 Å². The number of aliphatic carboxylic acids is 1. The van der Waals surface area contributed by atoms with E-state index in [4.69, 9.17) is 28.3 Å². The van der Waals surface area contributed by atoms with Crippen LogP contribution in [0.1, 0.15) is 12.8 Å². The molecular weight excluding hydrogens is 423 g/mol. The van der Waals surface area contributed by atoms with Gasteiger partial charge in [0, 0.05) is 16.7 Å². The third-order valence-corrected chi connectivity index (χ3v) is 7.77. The molecule has 2 saturated heterocycles. The molecule has 0 saturated carbocycles. The molecule has 0 aliphatic carbocycles. The number of carbonyl (C=O) groups excluding carboxylic acids is 1. The molecule has 1 amide bonds. The van der Waals surface area contributed by atoms with E-state index in [0.29, 0.717) is 20.9 Å². The standard InChI is InChI=1S/C15H14Cl2N2O5S2/c16-8-1-2-9(17)10(5-8)19-11-6-26(23,24)7-12(11)25-15(19)18-13(20)3-4-14(21)22/h1-2,5,11-12H,3-4,6-7H2,(H,21,22). The molecule has 3 rings (SSSR count). The van der Waals surface area contributed by atoms with Crippen LogP contribution in [0.15, 0.2) is 23.2 Å². The van der Waals surface area contributed by atoms with Gasteiger partial charge in [-0.2, -0.15) is 4.99 Å². The number of carboxylic acid groups (broad SMARTS) is 1. The summed E-state index contributed by atoms with van der Waals surface area (Å²) in [6, 6.07) is 4.38. The van der Waals surface area contributed by atoms with E-state index in [1.807, 2.05) is 0 Å². The topological polar surface area (TPSA) is 104 Å². The minimum atomic E-state index is -3.20. The lowest BCUT2D eigenvalue weighted by Crippen LogP contribution is -2.38. The quantitative estimate of drug-likeness (QED) is 0.772. The first-order valence-electron chi connectivity index (χ1n) is 7.61. The summed E-state index contributed by atoms with van der Waals surface area (Å²) in [5.41, 5.74) is 0.473. The van der Waals surface area contributed by atoms with Crippen molar-refractivity contribution >= 4 is 67.5 Å². The van der Waals surface area contributed by atoms with Gasteiger partial charge in [-0.25, -0.2) is 8.42 Å². The number of anilines is 1. The molecular formula is C15H14Cl2N2O5S2. The smallest absolute Gasteiger partial charge is 0.303 e. The zero-order chi connectivity index (χ0) is 19.1. The van der Waals surface area contributed by atoms with Crippen LogP contribution in [0.2, 0.25) is 10.0 Å². The van der Waals surface area contributed by atoms with Crippen LogP contribution in [0.3, 0.4) is 0 Å². The zero-order valence-electron chi connectivity index (χ0n) is 13.3. The van der Waals surface area contributed by atoms with Gasteiger partial charge in [0.05, 0.1) is 34.7 Å². The Labute approximate surface area is 164 Å². The zero-order valence-corrected chi connectivity index (χ0v) is 16.4.